The van der Waals surface area contributed by atoms with E-state index in [1.807, 2.05) is 24.3 Å². The number of pyridine rings is 2. The molecule has 0 saturated heterocycles. The Hall–Kier alpha value is -0.362. The third-order valence-electron chi connectivity index (χ3n) is 1.03. The number of hydrogen-bond donors (Lipinski definition) is 0. The van der Waals surface area contributed by atoms with Gasteiger partial charge in [-0.2, -0.15) is 36.4 Å². The van der Waals surface area contributed by atoms with E-state index in [1.165, 1.54) is 0 Å². The van der Waals surface area contributed by atoms with Crippen LogP contribution in [0.1, 0.15) is 0 Å². The monoisotopic (exact) mass is 308 g/mol. The third kappa shape index (κ3) is 7.98. The predicted molar refractivity (Wildman–Crippen MR) is 46.1 cm³/mol. The van der Waals surface area contributed by atoms with Crippen LogP contribution in [-0.2, 0) is 0 Å². The summed E-state index contributed by atoms with van der Waals surface area (Å²) >= 11 is 0. The smallest absolute Gasteiger partial charge is 0 e. The molecule has 0 N–H and O–H groups in total. The molecule has 3 heteroatoms. The second kappa shape index (κ2) is 9.72. The van der Waals surface area contributed by atoms with Gasteiger partial charge in [0.05, 0.1) is 0 Å². The summed E-state index contributed by atoms with van der Waals surface area (Å²) in [6, 6.07) is 11.0. The zero-order valence-electron chi connectivity index (χ0n) is 6.92. The Kier molecular flexibility index (Phi) is 9.45. The molecule has 0 saturated carbocycles. The van der Waals surface area contributed by atoms with E-state index in [-0.39, 0.29) is 40.4 Å². The van der Waals surface area contributed by atoms with E-state index in [0.717, 1.165) is 0 Å². The standard InChI is InChI=1S/2C5H4N.Sm/c2*1-2-4-6-5-3-1;/h2*1-4H;/q2*-1;. The predicted octanol–water partition coefficient (Wildman–Crippen LogP) is 1.76. The van der Waals surface area contributed by atoms with Crippen molar-refractivity contribution in [3.05, 3.63) is 61.2 Å². The van der Waals surface area contributed by atoms with Crippen LogP contribution < -0.4 is 0 Å². The van der Waals surface area contributed by atoms with Crippen LogP contribution in [0, 0.1) is 52.8 Å². The quantitative estimate of drug-likeness (QED) is 0.693. The van der Waals surface area contributed by atoms with Crippen LogP contribution >= 0.6 is 0 Å². The maximum Gasteiger partial charge on any atom is 0 e. The summed E-state index contributed by atoms with van der Waals surface area (Å²) in [5.74, 6) is 0. The molecule has 66 valence electrons. The second-order valence-electron chi connectivity index (χ2n) is 1.92. The first-order valence-electron chi connectivity index (χ1n) is 3.54. The van der Waals surface area contributed by atoms with Crippen LogP contribution in [-0.4, -0.2) is 9.97 Å². The van der Waals surface area contributed by atoms with Crippen LogP contribution in [0.25, 0.3) is 0 Å². The molecule has 0 spiro atoms. The number of rotatable bonds is 0. The second-order valence-corrected chi connectivity index (χ2v) is 1.92. The first kappa shape index (κ1) is 12.6. The van der Waals surface area contributed by atoms with E-state index in [4.69, 9.17) is 0 Å². The molecular weight excluding hydrogens is 298 g/mol. The minimum atomic E-state index is 0. The molecule has 0 fully saturated rings. The van der Waals surface area contributed by atoms with Crippen LogP contribution in [0.2, 0.25) is 0 Å². The molecule has 2 aromatic heterocycles. The van der Waals surface area contributed by atoms with Gasteiger partial charge in [-0.25, -0.2) is 0 Å². The molecule has 0 aromatic carbocycles. The Bertz CT molecular complexity index is 188. The van der Waals surface area contributed by atoms with E-state index >= 15 is 0 Å². The van der Waals surface area contributed by atoms with Crippen molar-refractivity contribution in [1.29, 1.82) is 0 Å². The summed E-state index contributed by atoms with van der Waals surface area (Å²) in [7, 11) is 0. The van der Waals surface area contributed by atoms with E-state index < -0.39 is 0 Å². The minimum absolute atomic E-state index is 0. The van der Waals surface area contributed by atoms with Gasteiger partial charge in [-0.15, -0.1) is 0 Å². The molecule has 0 aliphatic carbocycles. The first-order valence-corrected chi connectivity index (χ1v) is 3.54. The maximum atomic E-state index is 3.66. The van der Waals surface area contributed by atoms with Crippen molar-refractivity contribution in [2.75, 3.05) is 0 Å². The number of nitrogens with zero attached hydrogens (tertiary/aromatic N) is 2. The molecule has 2 nitrogen and oxygen atoms in total. The van der Waals surface area contributed by atoms with Crippen molar-refractivity contribution in [2.24, 2.45) is 0 Å². The van der Waals surface area contributed by atoms with Gasteiger partial charge in [0.15, 0.2) is 0 Å². The van der Waals surface area contributed by atoms with E-state index in [1.54, 1.807) is 24.5 Å². The first-order chi connectivity index (χ1) is 6.00. The van der Waals surface area contributed by atoms with Gasteiger partial charge in [0.25, 0.3) is 0 Å². The number of hydrogen-bond acceptors (Lipinski definition) is 2. The Morgan fingerprint density at radius 2 is 1.15 bits per heavy atom. The molecular formula is C10H8N2Sm-2. The summed E-state index contributed by atoms with van der Waals surface area (Å²) in [6.07, 6.45) is 8.67. The van der Waals surface area contributed by atoms with E-state index in [0.29, 0.717) is 0 Å². The van der Waals surface area contributed by atoms with Gasteiger partial charge in [0.1, 0.15) is 0 Å². The average molecular weight is 307 g/mol. The van der Waals surface area contributed by atoms with Gasteiger partial charge in [-0.3, -0.25) is 0 Å². The largest absolute Gasteiger partial charge is 0.394 e. The number of aromatic nitrogens is 2. The molecule has 0 amide bonds. The molecule has 2 rings (SSSR count). The molecule has 13 heavy (non-hydrogen) atoms. The zero-order chi connectivity index (χ0) is 8.49. The van der Waals surface area contributed by atoms with Crippen molar-refractivity contribution < 1.29 is 40.4 Å². The SMILES string of the molecule is [Sm].[c-]1ccccn1.[c-]1ccccn1. The molecule has 2 aromatic rings. The van der Waals surface area contributed by atoms with Gasteiger partial charge < -0.3 is 9.97 Å². The summed E-state index contributed by atoms with van der Waals surface area (Å²) in [5.41, 5.74) is 0. The Morgan fingerprint density at radius 1 is 0.692 bits per heavy atom. The fourth-order valence-corrected chi connectivity index (χ4v) is 0.555. The molecule has 0 aliphatic heterocycles. The van der Waals surface area contributed by atoms with Crippen molar-refractivity contribution >= 4 is 0 Å². The van der Waals surface area contributed by atoms with Gasteiger partial charge >= 0.3 is 0 Å². The summed E-state index contributed by atoms with van der Waals surface area (Å²) in [5, 5.41) is 0. The molecule has 0 unspecified atom stereocenters. The van der Waals surface area contributed by atoms with Crippen molar-refractivity contribution in [3.63, 3.8) is 0 Å². The van der Waals surface area contributed by atoms with Crippen LogP contribution in [0.15, 0.2) is 48.8 Å². The maximum absolute atomic E-state index is 3.66. The Balaban J connectivity index is 0.000000206. The van der Waals surface area contributed by atoms with Crippen molar-refractivity contribution in [2.45, 2.75) is 0 Å². The van der Waals surface area contributed by atoms with Gasteiger partial charge in [0.2, 0.25) is 0 Å². The van der Waals surface area contributed by atoms with Crippen LogP contribution in [0.5, 0.6) is 0 Å². The molecule has 0 aliphatic rings. The Labute approximate surface area is 111 Å². The van der Waals surface area contributed by atoms with Gasteiger partial charge in [-0.05, 0) is 0 Å². The van der Waals surface area contributed by atoms with Crippen LogP contribution in [0.3, 0.4) is 0 Å². The molecule has 0 radical (unpaired) electrons. The average Bonchev–Trinajstić information content (AvgIpc) is 2.24. The molecule has 2 heterocycles. The summed E-state index contributed by atoms with van der Waals surface area (Å²) < 4.78 is 0. The summed E-state index contributed by atoms with van der Waals surface area (Å²) in [4.78, 5) is 7.32. The normalized spacial score (nSPS) is 7.38. The fourth-order valence-electron chi connectivity index (χ4n) is 0.555. The summed E-state index contributed by atoms with van der Waals surface area (Å²) in [6.45, 7) is 0. The minimum Gasteiger partial charge on any atom is -0.394 e. The van der Waals surface area contributed by atoms with Crippen molar-refractivity contribution in [3.8, 4) is 0 Å². The van der Waals surface area contributed by atoms with Gasteiger partial charge in [0, 0.05) is 40.4 Å². The Morgan fingerprint density at radius 3 is 1.23 bits per heavy atom. The van der Waals surface area contributed by atoms with E-state index in [2.05, 4.69) is 22.4 Å². The van der Waals surface area contributed by atoms with Crippen molar-refractivity contribution in [1.82, 2.24) is 9.97 Å². The molecule has 0 bridgehead atoms. The molecule has 0 atom stereocenters. The van der Waals surface area contributed by atoms with Crippen LogP contribution in [0.4, 0.5) is 0 Å². The zero-order valence-corrected chi connectivity index (χ0v) is 9.54. The fraction of sp³-hybridized carbons (Fsp3) is 0. The van der Waals surface area contributed by atoms with Gasteiger partial charge in [-0.1, -0.05) is 24.8 Å². The van der Waals surface area contributed by atoms with E-state index in [9.17, 15) is 0 Å². The topological polar surface area (TPSA) is 25.8 Å². The third-order valence-corrected chi connectivity index (χ3v) is 1.03.